The maximum Gasteiger partial charge on any atom is 0.227 e. The molecule has 0 unspecified atom stereocenters. The smallest absolute Gasteiger partial charge is 0.227 e. The number of likely N-dealkylation sites (tertiary alicyclic amines) is 1. The Balaban J connectivity index is 1.45. The largest absolute Gasteiger partial charge is 0.342 e. The van der Waals surface area contributed by atoms with Crippen molar-refractivity contribution in [2.45, 2.75) is 18.8 Å². The summed E-state index contributed by atoms with van der Waals surface area (Å²) >= 11 is 0. The number of pyridine rings is 3. The van der Waals surface area contributed by atoms with Crippen LogP contribution in [0.1, 0.15) is 23.5 Å². The summed E-state index contributed by atoms with van der Waals surface area (Å²) in [6.07, 6.45) is 10.3. The van der Waals surface area contributed by atoms with Gasteiger partial charge in [-0.15, -0.1) is 0 Å². The number of rotatable bonds is 4. The van der Waals surface area contributed by atoms with Gasteiger partial charge in [-0.25, -0.2) is 0 Å². The molecule has 1 amide bonds. The highest BCUT2D eigenvalue weighted by molar-refractivity contribution is 5.79. The first-order chi connectivity index (χ1) is 12.8. The molecule has 1 fully saturated rings. The van der Waals surface area contributed by atoms with Crippen molar-refractivity contribution in [3.05, 3.63) is 78.5 Å². The molecule has 5 nitrogen and oxygen atoms in total. The summed E-state index contributed by atoms with van der Waals surface area (Å²) in [4.78, 5) is 27.1. The first kappa shape index (κ1) is 16.4. The number of amides is 1. The molecule has 26 heavy (non-hydrogen) atoms. The van der Waals surface area contributed by atoms with E-state index in [0.717, 1.165) is 36.3 Å². The fraction of sp³-hybridized carbons (Fsp3) is 0.238. The van der Waals surface area contributed by atoms with Crippen LogP contribution in [-0.2, 0) is 11.2 Å². The Hall–Kier alpha value is -3.08. The summed E-state index contributed by atoms with van der Waals surface area (Å²) in [7, 11) is 0. The Kier molecular flexibility index (Phi) is 4.69. The second-order valence-corrected chi connectivity index (χ2v) is 6.57. The lowest BCUT2D eigenvalue weighted by Gasteiger charge is -2.17. The summed E-state index contributed by atoms with van der Waals surface area (Å²) in [5, 5.41) is 0. The topological polar surface area (TPSA) is 59.0 Å². The molecule has 0 saturated carbocycles. The van der Waals surface area contributed by atoms with Crippen LogP contribution < -0.4 is 0 Å². The molecule has 0 bridgehead atoms. The lowest BCUT2D eigenvalue weighted by molar-refractivity contribution is -0.129. The van der Waals surface area contributed by atoms with Crippen molar-refractivity contribution in [3.8, 4) is 11.3 Å². The molecule has 5 heteroatoms. The molecule has 0 aliphatic carbocycles. The molecule has 0 N–H and O–H groups in total. The zero-order valence-corrected chi connectivity index (χ0v) is 14.5. The minimum absolute atomic E-state index is 0.170. The van der Waals surface area contributed by atoms with E-state index >= 15 is 0 Å². The summed E-state index contributed by atoms with van der Waals surface area (Å²) in [5.41, 5.74) is 4.21. The van der Waals surface area contributed by atoms with Crippen LogP contribution in [0, 0.1) is 0 Å². The highest BCUT2D eigenvalue weighted by Gasteiger charge is 2.27. The van der Waals surface area contributed by atoms with Gasteiger partial charge in [-0.1, -0.05) is 6.07 Å². The van der Waals surface area contributed by atoms with Gasteiger partial charge >= 0.3 is 0 Å². The van der Waals surface area contributed by atoms with Crippen LogP contribution in [0.15, 0.2) is 67.4 Å². The van der Waals surface area contributed by atoms with Crippen LogP contribution >= 0.6 is 0 Å². The van der Waals surface area contributed by atoms with Crippen molar-refractivity contribution in [2.24, 2.45) is 0 Å². The van der Waals surface area contributed by atoms with Gasteiger partial charge in [-0.2, -0.15) is 0 Å². The molecule has 0 radical (unpaired) electrons. The Morgan fingerprint density at radius 3 is 2.77 bits per heavy atom. The van der Waals surface area contributed by atoms with Crippen molar-refractivity contribution in [1.29, 1.82) is 0 Å². The average molecular weight is 344 g/mol. The highest BCUT2D eigenvalue weighted by Crippen LogP contribution is 2.29. The molecule has 0 aromatic carbocycles. The second kappa shape index (κ2) is 7.44. The average Bonchev–Trinajstić information content (AvgIpc) is 3.20. The minimum atomic E-state index is 0.170. The van der Waals surface area contributed by atoms with E-state index in [4.69, 9.17) is 0 Å². The molecule has 3 aromatic heterocycles. The van der Waals surface area contributed by atoms with Gasteiger partial charge in [0, 0.05) is 55.6 Å². The third-order valence-electron chi connectivity index (χ3n) is 4.85. The van der Waals surface area contributed by atoms with Crippen LogP contribution in [0.4, 0.5) is 0 Å². The molecule has 1 aliphatic heterocycles. The SMILES string of the molecule is O=C(Cc1cccnc1)N1CC[C@@H](c2ccnc(-c3ccncc3)c2)C1. The summed E-state index contributed by atoms with van der Waals surface area (Å²) in [6.45, 7) is 1.57. The molecule has 4 rings (SSSR count). The lowest BCUT2D eigenvalue weighted by atomic mass is 9.97. The molecule has 1 saturated heterocycles. The number of carbonyl (C=O) groups is 1. The lowest BCUT2D eigenvalue weighted by Crippen LogP contribution is -2.29. The van der Waals surface area contributed by atoms with Crippen molar-refractivity contribution in [3.63, 3.8) is 0 Å². The van der Waals surface area contributed by atoms with Crippen molar-refractivity contribution in [2.75, 3.05) is 13.1 Å². The van der Waals surface area contributed by atoms with E-state index in [2.05, 4.69) is 27.1 Å². The Morgan fingerprint density at radius 1 is 1.08 bits per heavy atom. The zero-order chi connectivity index (χ0) is 17.8. The van der Waals surface area contributed by atoms with Crippen molar-refractivity contribution in [1.82, 2.24) is 19.9 Å². The predicted molar refractivity (Wildman–Crippen MR) is 99.3 cm³/mol. The molecular weight excluding hydrogens is 324 g/mol. The Morgan fingerprint density at radius 2 is 1.96 bits per heavy atom. The fourth-order valence-corrected chi connectivity index (χ4v) is 3.43. The van der Waals surface area contributed by atoms with Gasteiger partial charge in [-0.05, 0) is 47.9 Å². The Bertz CT molecular complexity index is 883. The van der Waals surface area contributed by atoms with Crippen LogP contribution in [0.25, 0.3) is 11.3 Å². The van der Waals surface area contributed by atoms with Crippen LogP contribution in [0.2, 0.25) is 0 Å². The third-order valence-corrected chi connectivity index (χ3v) is 4.85. The van der Waals surface area contributed by atoms with E-state index in [1.165, 1.54) is 5.56 Å². The van der Waals surface area contributed by atoms with Gasteiger partial charge < -0.3 is 4.90 Å². The van der Waals surface area contributed by atoms with Gasteiger partial charge in [-0.3, -0.25) is 19.7 Å². The number of nitrogens with zero attached hydrogens (tertiary/aromatic N) is 4. The molecule has 1 aliphatic rings. The molecule has 1 atom stereocenters. The molecule has 130 valence electrons. The van der Waals surface area contributed by atoms with Crippen molar-refractivity contribution >= 4 is 5.91 Å². The van der Waals surface area contributed by atoms with E-state index in [-0.39, 0.29) is 5.91 Å². The van der Waals surface area contributed by atoms with E-state index in [9.17, 15) is 4.79 Å². The maximum atomic E-state index is 12.6. The van der Waals surface area contributed by atoms with Gasteiger partial charge in [0.15, 0.2) is 0 Å². The zero-order valence-electron chi connectivity index (χ0n) is 14.5. The van der Waals surface area contributed by atoms with E-state index in [1.54, 1.807) is 24.8 Å². The maximum absolute atomic E-state index is 12.6. The second-order valence-electron chi connectivity index (χ2n) is 6.57. The fourth-order valence-electron chi connectivity index (χ4n) is 3.43. The summed E-state index contributed by atoms with van der Waals surface area (Å²) < 4.78 is 0. The summed E-state index contributed by atoms with van der Waals surface area (Å²) in [5.74, 6) is 0.528. The van der Waals surface area contributed by atoms with Crippen LogP contribution in [-0.4, -0.2) is 38.8 Å². The van der Waals surface area contributed by atoms with Gasteiger partial charge in [0.05, 0.1) is 12.1 Å². The van der Waals surface area contributed by atoms with Crippen LogP contribution in [0.3, 0.4) is 0 Å². The summed E-state index contributed by atoms with van der Waals surface area (Å²) in [6, 6.07) is 11.9. The van der Waals surface area contributed by atoms with Crippen LogP contribution in [0.5, 0.6) is 0 Å². The van der Waals surface area contributed by atoms with E-state index in [0.29, 0.717) is 12.3 Å². The van der Waals surface area contributed by atoms with Gasteiger partial charge in [0.2, 0.25) is 5.91 Å². The normalized spacial score (nSPS) is 16.6. The molecule has 4 heterocycles. The first-order valence-corrected chi connectivity index (χ1v) is 8.82. The van der Waals surface area contributed by atoms with E-state index in [1.807, 2.05) is 35.4 Å². The Labute approximate surface area is 152 Å². The highest BCUT2D eigenvalue weighted by atomic mass is 16.2. The molecular formula is C21H20N4O. The minimum Gasteiger partial charge on any atom is -0.342 e. The molecule has 0 spiro atoms. The number of hydrogen-bond donors (Lipinski definition) is 0. The first-order valence-electron chi connectivity index (χ1n) is 8.82. The number of carbonyl (C=O) groups excluding carboxylic acids is 1. The number of aromatic nitrogens is 3. The van der Waals surface area contributed by atoms with Gasteiger partial charge in [0.25, 0.3) is 0 Å². The predicted octanol–water partition coefficient (Wildman–Crippen LogP) is 3.10. The molecule has 3 aromatic rings. The van der Waals surface area contributed by atoms with Gasteiger partial charge in [0.1, 0.15) is 0 Å². The monoisotopic (exact) mass is 344 g/mol. The van der Waals surface area contributed by atoms with E-state index < -0.39 is 0 Å². The van der Waals surface area contributed by atoms with Crippen molar-refractivity contribution < 1.29 is 4.79 Å². The quantitative estimate of drug-likeness (QED) is 0.730. The standard InChI is InChI=1S/C21H20N4O/c26-21(12-16-2-1-7-23-14-16)25-11-6-19(15-25)18-5-10-24-20(13-18)17-3-8-22-9-4-17/h1-5,7-10,13-14,19H,6,11-12,15H2/t19-/m1/s1. The third kappa shape index (κ3) is 3.61. The number of hydrogen-bond acceptors (Lipinski definition) is 4.